The number of Topliss-reactive ketones (excluding diaryl/α,β-unsaturated/α-hetero) is 2. The maximum atomic E-state index is 11.2. The Kier molecular flexibility index (Phi) is 5.25. The number of hydrogen-bond acceptors (Lipinski definition) is 7. The highest BCUT2D eigenvalue weighted by Crippen LogP contribution is 2.03. The number of ketones is 2. The van der Waals surface area contributed by atoms with E-state index in [-0.39, 0.29) is 24.7 Å². The first-order valence-corrected chi connectivity index (χ1v) is 5.48. The molecule has 0 saturated heterocycles. The molecular formula is C10H17N5O3. The first-order chi connectivity index (χ1) is 8.52. The lowest BCUT2D eigenvalue weighted by molar-refractivity contribution is -0.119. The van der Waals surface area contributed by atoms with Gasteiger partial charge in [-0.15, -0.1) is 0 Å². The molecule has 18 heavy (non-hydrogen) atoms. The topological polar surface area (TPSA) is 94.1 Å². The molecule has 0 fully saturated rings. The van der Waals surface area contributed by atoms with Crippen molar-refractivity contribution in [2.24, 2.45) is 4.99 Å². The molecule has 100 valence electrons. The molecule has 0 aromatic carbocycles. The Morgan fingerprint density at radius 1 is 1.33 bits per heavy atom. The summed E-state index contributed by atoms with van der Waals surface area (Å²) in [6, 6.07) is 0. The van der Waals surface area contributed by atoms with Crippen LogP contribution in [0, 0.1) is 0 Å². The molecule has 0 spiro atoms. The monoisotopic (exact) mass is 255 g/mol. The maximum absolute atomic E-state index is 11.2. The van der Waals surface area contributed by atoms with Crippen molar-refractivity contribution in [2.45, 2.75) is 13.8 Å². The number of nitrogens with one attached hydrogen (secondary N) is 2. The van der Waals surface area contributed by atoms with Gasteiger partial charge < -0.3 is 4.90 Å². The number of guanidine groups is 1. The predicted octanol–water partition coefficient (Wildman–Crippen LogP) is -1.70. The highest BCUT2D eigenvalue weighted by molar-refractivity contribution is 5.87. The van der Waals surface area contributed by atoms with Gasteiger partial charge in [0.05, 0.1) is 26.4 Å². The molecule has 0 aliphatic carbocycles. The minimum atomic E-state index is -0.0275. The third-order valence-electron chi connectivity index (χ3n) is 2.19. The molecule has 1 aliphatic rings. The summed E-state index contributed by atoms with van der Waals surface area (Å²) in [5.41, 5.74) is 4.87. The molecule has 0 saturated carbocycles. The second-order valence-corrected chi connectivity index (χ2v) is 4.08. The summed E-state index contributed by atoms with van der Waals surface area (Å²) < 4.78 is 0. The van der Waals surface area contributed by atoms with Crippen LogP contribution in [0.5, 0.6) is 0 Å². The van der Waals surface area contributed by atoms with Crippen molar-refractivity contribution in [3.05, 3.63) is 0 Å². The Bertz CT molecular complexity index is 369. The van der Waals surface area contributed by atoms with E-state index in [1.165, 1.54) is 13.8 Å². The van der Waals surface area contributed by atoms with E-state index < -0.39 is 0 Å². The minimum absolute atomic E-state index is 0.0275. The molecule has 1 rings (SSSR count). The fourth-order valence-electron chi connectivity index (χ4n) is 1.64. The Morgan fingerprint density at radius 3 is 2.56 bits per heavy atom. The molecule has 0 radical (unpaired) electrons. The van der Waals surface area contributed by atoms with Crippen LogP contribution in [0.25, 0.3) is 0 Å². The summed E-state index contributed by atoms with van der Waals surface area (Å²) in [6.07, 6.45) is 0.483. The van der Waals surface area contributed by atoms with Gasteiger partial charge in [-0.25, -0.2) is 4.99 Å². The number of nitrogens with zero attached hydrogens (tertiary/aromatic N) is 3. The second kappa shape index (κ2) is 6.70. The van der Waals surface area contributed by atoms with Crippen molar-refractivity contribution < 1.29 is 14.4 Å². The molecule has 0 aromatic rings. The summed E-state index contributed by atoms with van der Waals surface area (Å²) in [4.78, 5) is 40.1. The Labute approximate surface area is 105 Å². The van der Waals surface area contributed by atoms with Crippen LogP contribution in [0.4, 0.5) is 0 Å². The number of hydrazine groups is 1. The molecule has 2 N–H and O–H groups in total. The molecule has 8 nitrogen and oxygen atoms in total. The summed E-state index contributed by atoms with van der Waals surface area (Å²) in [5.74, 6) is 0.424. The van der Waals surface area contributed by atoms with Gasteiger partial charge in [0.1, 0.15) is 11.6 Å². The average molecular weight is 255 g/mol. The lowest BCUT2D eigenvalue weighted by Gasteiger charge is -2.34. The van der Waals surface area contributed by atoms with E-state index in [2.05, 4.69) is 15.8 Å². The fraction of sp³-hybridized carbons (Fsp3) is 0.600. The predicted molar refractivity (Wildman–Crippen MR) is 64.3 cm³/mol. The SMILES string of the molecule is CC(=O)CN1CN=C(NNC=O)N(CC(C)=O)C1. The quantitative estimate of drug-likeness (QED) is 0.434. The molecule has 0 aromatic heterocycles. The molecule has 1 amide bonds. The van der Waals surface area contributed by atoms with E-state index >= 15 is 0 Å². The minimum Gasteiger partial charge on any atom is -0.321 e. The van der Waals surface area contributed by atoms with E-state index in [9.17, 15) is 14.4 Å². The Hall–Kier alpha value is -1.96. The van der Waals surface area contributed by atoms with E-state index in [0.29, 0.717) is 25.7 Å². The lowest BCUT2D eigenvalue weighted by Crippen LogP contribution is -2.56. The van der Waals surface area contributed by atoms with Crippen molar-refractivity contribution >= 4 is 23.9 Å². The summed E-state index contributed by atoms with van der Waals surface area (Å²) in [5, 5.41) is 0. The first-order valence-electron chi connectivity index (χ1n) is 5.48. The molecule has 1 heterocycles. The van der Waals surface area contributed by atoms with E-state index in [4.69, 9.17) is 0 Å². The number of rotatable bonds is 6. The van der Waals surface area contributed by atoms with Gasteiger partial charge >= 0.3 is 0 Å². The molecule has 0 unspecified atom stereocenters. The third-order valence-corrected chi connectivity index (χ3v) is 2.19. The van der Waals surface area contributed by atoms with Crippen molar-refractivity contribution in [1.82, 2.24) is 20.7 Å². The van der Waals surface area contributed by atoms with Crippen LogP contribution >= 0.6 is 0 Å². The van der Waals surface area contributed by atoms with Crippen molar-refractivity contribution in [1.29, 1.82) is 0 Å². The Morgan fingerprint density at radius 2 is 2.00 bits per heavy atom. The van der Waals surface area contributed by atoms with Gasteiger partial charge in [-0.1, -0.05) is 0 Å². The second-order valence-electron chi connectivity index (χ2n) is 4.08. The molecule has 0 bridgehead atoms. The summed E-state index contributed by atoms with van der Waals surface area (Å²) >= 11 is 0. The standard InChI is InChI=1S/C10H17N5O3/c1-8(17)3-14-5-11-10(13-12-6-16)15(7-14)4-9(2)18/h6H,3-5,7H2,1-2H3,(H,11,13)(H,12,16). The highest BCUT2D eigenvalue weighted by Gasteiger charge is 2.22. The van der Waals surface area contributed by atoms with Crippen LogP contribution in [0.15, 0.2) is 4.99 Å². The van der Waals surface area contributed by atoms with Crippen molar-refractivity contribution in [3.63, 3.8) is 0 Å². The smallest absolute Gasteiger partial charge is 0.225 e. The number of hydrogen-bond donors (Lipinski definition) is 2. The lowest BCUT2D eigenvalue weighted by atomic mass is 10.3. The third kappa shape index (κ3) is 4.50. The molecule has 8 heteroatoms. The van der Waals surface area contributed by atoms with Gasteiger partial charge in [-0.3, -0.25) is 30.1 Å². The molecular weight excluding hydrogens is 238 g/mol. The maximum Gasteiger partial charge on any atom is 0.225 e. The van der Waals surface area contributed by atoms with Crippen LogP contribution in [-0.4, -0.2) is 60.2 Å². The van der Waals surface area contributed by atoms with Crippen LogP contribution in [0.2, 0.25) is 0 Å². The van der Waals surface area contributed by atoms with Gasteiger partial charge in [-0.2, -0.15) is 0 Å². The van der Waals surface area contributed by atoms with Crippen molar-refractivity contribution in [3.8, 4) is 0 Å². The Balaban J connectivity index is 2.68. The number of carbonyl (C=O) groups is 3. The van der Waals surface area contributed by atoms with Gasteiger partial charge in [-0.05, 0) is 13.8 Å². The molecule has 0 atom stereocenters. The van der Waals surface area contributed by atoms with E-state index in [1.807, 2.05) is 0 Å². The zero-order chi connectivity index (χ0) is 13.5. The van der Waals surface area contributed by atoms with E-state index in [1.54, 1.807) is 9.80 Å². The summed E-state index contributed by atoms with van der Waals surface area (Å²) in [7, 11) is 0. The van der Waals surface area contributed by atoms with Gasteiger partial charge in [0.2, 0.25) is 12.4 Å². The fourth-order valence-corrected chi connectivity index (χ4v) is 1.64. The number of amides is 1. The van der Waals surface area contributed by atoms with Gasteiger partial charge in [0, 0.05) is 0 Å². The van der Waals surface area contributed by atoms with Crippen LogP contribution in [0.1, 0.15) is 13.8 Å². The first kappa shape index (κ1) is 14.1. The zero-order valence-corrected chi connectivity index (χ0v) is 10.5. The largest absolute Gasteiger partial charge is 0.321 e. The van der Waals surface area contributed by atoms with Gasteiger partial charge in [0.25, 0.3) is 0 Å². The van der Waals surface area contributed by atoms with Crippen LogP contribution in [0.3, 0.4) is 0 Å². The van der Waals surface area contributed by atoms with E-state index in [0.717, 1.165) is 0 Å². The van der Waals surface area contributed by atoms with Gasteiger partial charge in [0.15, 0.2) is 0 Å². The average Bonchev–Trinajstić information content (AvgIpc) is 2.26. The molecule has 1 aliphatic heterocycles. The van der Waals surface area contributed by atoms with Crippen LogP contribution in [-0.2, 0) is 14.4 Å². The summed E-state index contributed by atoms with van der Waals surface area (Å²) in [6.45, 7) is 4.17. The highest BCUT2D eigenvalue weighted by atomic mass is 16.1. The van der Waals surface area contributed by atoms with Crippen LogP contribution < -0.4 is 10.9 Å². The van der Waals surface area contributed by atoms with Crippen molar-refractivity contribution in [2.75, 3.05) is 26.4 Å². The number of aliphatic imine (C=N–C) groups is 1. The number of carbonyl (C=O) groups excluding carboxylic acids is 3. The zero-order valence-electron chi connectivity index (χ0n) is 10.5. The normalized spacial score (nSPS) is 15.9.